The Labute approximate surface area is 277 Å². The summed E-state index contributed by atoms with van der Waals surface area (Å²) in [7, 11) is 0. The molecule has 4 rings (SSSR count). The Bertz CT molecular complexity index is 1130. The second-order valence-electron chi connectivity index (χ2n) is 12.3. The van der Waals surface area contributed by atoms with E-state index >= 15 is 0 Å². The van der Waals surface area contributed by atoms with Crippen LogP contribution < -0.4 is 0 Å². The largest absolute Gasteiger partial charge is 0.458 e. The van der Waals surface area contributed by atoms with Gasteiger partial charge in [-0.2, -0.15) is 0 Å². The van der Waals surface area contributed by atoms with Gasteiger partial charge in [0.2, 0.25) is 12.6 Å². The summed E-state index contributed by atoms with van der Waals surface area (Å²) in [6.07, 6.45) is -24.0. The smallest absolute Gasteiger partial charge is 0.303 e. The summed E-state index contributed by atoms with van der Waals surface area (Å²) in [4.78, 5) is 25.8. The van der Waals surface area contributed by atoms with Crippen molar-refractivity contribution in [2.45, 2.75) is 152 Å². The zero-order valence-corrected chi connectivity index (χ0v) is 27.6. The van der Waals surface area contributed by atoms with Crippen LogP contribution in [0.15, 0.2) is 11.3 Å². The van der Waals surface area contributed by atoms with Crippen molar-refractivity contribution in [1.82, 2.24) is 0 Å². The minimum Gasteiger partial charge on any atom is -0.458 e. The fraction of sp³-hybridized carbons (Fsp3) is 0.867. The molecule has 8 unspecified atom stereocenters. The number of ether oxygens (including phenoxy) is 9. The lowest BCUT2D eigenvalue weighted by Crippen LogP contribution is -2.65. The SMILES string of the molecule is CCCO[C@@H]1OC(C)[C@H](O)C(O[C@@H]2OC(C)[C@H](O)C(O)[C@@H]2O[C@@H]2OC(C)C(C)=C(O[C@H]3OC(CO)[C@@H](O)C(O)C3O)C2=O)[C@@H]1OC(C)=O. The van der Waals surface area contributed by atoms with Crippen LogP contribution in [0.3, 0.4) is 0 Å². The third-order valence-corrected chi connectivity index (χ3v) is 8.72. The van der Waals surface area contributed by atoms with Gasteiger partial charge in [-0.15, -0.1) is 0 Å². The second-order valence-corrected chi connectivity index (χ2v) is 12.3. The molecule has 4 heterocycles. The fourth-order valence-corrected chi connectivity index (χ4v) is 5.74. The maximum absolute atomic E-state index is 13.7. The maximum atomic E-state index is 13.7. The predicted octanol–water partition coefficient (Wildman–Crippen LogP) is -2.91. The highest BCUT2D eigenvalue weighted by Crippen LogP contribution is 2.35. The molecule has 18 nitrogen and oxygen atoms in total. The summed E-state index contributed by atoms with van der Waals surface area (Å²) >= 11 is 0. The first-order valence-corrected chi connectivity index (χ1v) is 15.9. The average molecular weight is 697 g/mol. The standard InChI is InChI=1S/C30H48O18/c1-7-8-40-29-26(44-14(6)32)24(17(34)13(5)42-29)47-30-25(20(37)16(33)12(4)43-30)48-28-22(39)23(10(2)11(3)41-28)46-27-21(38)19(36)18(35)15(9-31)45-27/h11-13,15-21,24-31,33-38H,7-9H2,1-6H3/t11?,12?,13?,15?,16-,17-,18+,19?,20?,21?,24?,25-,26-,27+,28-,29+,30-/m0/s1. The van der Waals surface area contributed by atoms with Gasteiger partial charge in [0, 0.05) is 19.1 Å². The van der Waals surface area contributed by atoms with Crippen molar-refractivity contribution in [2.75, 3.05) is 13.2 Å². The second kappa shape index (κ2) is 16.4. The van der Waals surface area contributed by atoms with E-state index < -0.39 is 123 Å². The Balaban J connectivity index is 1.59. The van der Waals surface area contributed by atoms with Crippen LogP contribution in [0.4, 0.5) is 0 Å². The molecular formula is C30H48O18. The van der Waals surface area contributed by atoms with Gasteiger partial charge in [0.15, 0.2) is 24.4 Å². The van der Waals surface area contributed by atoms with Gasteiger partial charge in [0.05, 0.1) is 24.9 Å². The Morgan fingerprint density at radius 3 is 2.02 bits per heavy atom. The molecule has 0 aromatic heterocycles. The van der Waals surface area contributed by atoms with Crippen LogP contribution in [-0.2, 0) is 52.2 Å². The highest BCUT2D eigenvalue weighted by Gasteiger charge is 2.54. The van der Waals surface area contributed by atoms with Crippen LogP contribution in [0.5, 0.6) is 0 Å². The summed E-state index contributed by atoms with van der Waals surface area (Å²) in [6, 6.07) is 0. The summed E-state index contributed by atoms with van der Waals surface area (Å²) in [5.74, 6) is -2.07. The highest BCUT2D eigenvalue weighted by molar-refractivity contribution is 5.97. The fourth-order valence-electron chi connectivity index (χ4n) is 5.74. The van der Waals surface area contributed by atoms with Crippen molar-refractivity contribution in [1.29, 1.82) is 0 Å². The summed E-state index contributed by atoms with van der Waals surface area (Å²) < 4.78 is 51.6. The van der Waals surface area contributed by atoms with Crippen LogP contribution in [0.1, 0.15) is 48.0 Å². The van der Waals surface area contributed by atoms with Gasteiger partial charge in [-0.1, -0.05) is 6.92 Å². The molecule has 0 aliphatic carbocycles. The number of aliphatic hydroxyl groups is 7. The molecule has 0 spiro atoms. The number of ketones is 1. The van der Waals surface area contributed by atoms with E-state index in [2.05, 4.69) is 0 Å². The Kier molecular flexibility index (Phi) is 13.3. The maximum Gasteiger partial charge on any atom is 0.303 e. The lowest BCUT2D eigenvalue weighted by atomic mass is 9.97. The summed E-state index contributed by atoms with van der Waals surface area (Å²) in [5, 5.41) is 73.2. The Morgan fingerprint density at radius 1 is 0.750 bits per heavy atom. The van der Waals surface area contributed by atoms with Crippen LogP contribution >= 0.6 is 0 Å². The number of carbonyl (C=O) groups is 2. The van der Waals surface area contributed by atoms with Crippen LogP contribution in [0, 0.1) is 0 Å². The molecule has 0 bridgehead atoms. The van der Waals surface area contributed by atoms with Gasteiger partial charge in [-0.25, -0.2) is 0 Å². The first-order valence-electron chi connectivity index (χ1n) is 15.9. The van der Waals surface area contributed by atoms with Gasteiger partial charge in [-0.3, -0.25) is 9.59 Å². The van der Waals surface area contributed by atoms with E-state index in [1.807, 2.05) is 6.92 Å². The number of hydrogen-bond acceptors (Lipinski definition) is 18. The number of rotatable bonds is 11. The van der Waals surface area contributed by atoms with Gasteiger partial charge in [0.25, 0.3) is 5.78 Å². The van der Waals surface area contributed by atoms with Crippen LogP contribution in [0.25, 0.3) is 0 Å². The molecule has 7 N–H and O–H groups in total. The molecule has 3 saturated heterocycles. The zero-order valence-electron chi connectivity index (χ0n) is 27.6. The molecule has 0 aromatic carbocycles. The first kappa shape index (κ1) is 38.9. The lowest BCUT2D eigenvalue weighted by Gasteiger charge is -2.47. The number of Topliss-reactive ketones (excluding diaryl/α,β-unsaturated/α-hetero) is 1. The first-order chi connectivity index (χ1) is 22.6. The number of carbonyl (C=O) groups excluding carboxylic acids is 2. The highest BCUT2D eigenvalue weighted by atomic mass is 16.8. The van der Waals surface area contributed by atoms with Gasteiger partial charge in [-0.05, 0) is 34.1 Å². The normalized spacial score (nSPS) is 45.6. The Morgan fingerprint density at radius 2 is 1.40 bits per heavy atom. The van der Waals surface area contributed by atoms with E-state index in [0.29, 0.717) is 6.42 Å². The minimum atomic E-state index is -1.82. The van der Waals surface area contributed by atoms with Gasteiger partial charge >= 0.3 is 5.97 Å². The molecule has 0 aromatic rings. The van der Waals surface area contributed by atoms with Gasteiger partial charge in [0.1, 0.15) is 54.9 Å². The average Bonchev–Trinajstić information content (AvgIpc) is 3.04. The van der Waals surface area contributed by atoms with Crippen molar-refractivity contribution in [3.8, 4) is 0 Å². The van der Waals surface area contributed by atoms with Crippen LogP contribution in [-0.4, -0.2) is 165 Å². The zero-order chi connectivity index (χ0) is 35.6. The molecule has 3 fully saturated rings. The van der Waals surface area contributed by atoms with E-state index in [1.165, 1.54) is 13.8 Å². The van der Waals surface area contributed by atoms with Crippen molar-refractivity contribution in [3.63, 3.8) is 0 Å². The summed E-state index contributed by atoms with van der Waals surface area (Å²) in [6.45, 7) is 8.54. The van der Waals surface area contributed by atoms with Crippen molar-refractivity contribution in [2.24, 2.45) is 0 Å². The molecule has 4 aliphatic rings. The molecule has 48 heavy (non-hydrogen) atoms. The van der Waals surface area contributed by atoms with Crippen molar-refractivity contribution in [3.05, 3.63) is 11.3 Å². The minimum absolute atomic E-state index is 0.228. The van der Waals surface area contributed by atoms with Crippen LogP contribution in [0.2, 0.25) is 0 Å². The van der Waals surface area contributed by atoms with E-state index in [0.717, 1.165) is 6.92 Å². The quantitative estimate of drug-likeness (QED) is 0.107. The van der Waals surface area contributed by atoms with Crippen molar-refractivity contribution >= 4 is 11.8 Å². The molecule has 4 aliphatic heterocycles. The van der Waals surface area contributed by atoms with E-state index in [9.17, 15) is 45.3 Å². The molecule has 17 atom stereocenters. The molecule has 0 amide bonds. The molecular weight excluding hydrogens is 648 g/mol. The third kappa shape index (κ3) is 8.18. The van der Waals surface area contributed by atoms with E-state index in [-0.39, 0.29) is 17.9 Å². The van der Waals surface area contributed by atoms with Gasteiger partial charge < -0.3 is 78.4 Å². The monoisotopic (exact) mass is 696 g/mol. The molecule has 276 valence electrons. The number of aliphatic hydroxyl groups excluding tert-OH is 7. The Hall–Kier alpha value is -1.88. The van der Waals surface area contributed by atoms with Crippen molar-refractivity contribution < 1.29 is 88.0 Å². The molecule has 0 radical (unpaired) electrons. The van der Waals surface area contributed by atoms with E-state index in [4.69, 9.17) is 42.6 Å². The summed E-state index contributed by atoms with van der Waals surface area (Å²) in [5.41, 5.74) is 0.236. The molecule has 18 heteroatoms. The molecule has 0 saturated carbocycles. The number of esters is 1. The predicted molar refractivity (Wildman–Crippen MR) is 155 cm³/mol. The third-order valence-electron chi connectivity index (χ3n) is 8.72. The topological polar surface area (TPSA) is 259 Å². The van der Waals surface area contributed by atoms with E-state index in [1.54, 1.807) is 13.8 Å². The number of hydrogen-bond donors (Lipinski definition) is 7. The lowest BCUT2D eigenvalue weighted by molar-refractivity contribution is -0.367.